The summed E-state index contributed by atoms with van der Waals surface area (Å²) in [6.07, 6.45) is 2.68. The third kappa shape index (κ3) is 3.32. The second-order valence-corrected chi connectivity index (χ2v) is 6.76. The lowest BCUT2D eigenvalue weighted by molar-refractivity contribution is 0.234. The van der Waals surface area contributed by atoms with Crippen LogP contribution in [-0.2, 0) is 26.1 Å². The lowest BCUT2D eigenvalue weighted by atomic mass is 10.1. The molecule has 1 aliphatic rings. The van der Waals surface area contributed by atoms with Crippen molar-refractivity contribution in [3.63, 3.8) is 0 Å². The largest absolute Gasteiger partial charge is 0.346 e. The fourth-order valence-corrected chi connectivity index (χ4v) is 3.54. The van der Waals surface area contributed by atoms with Gasteiger partial charge >= 0.3 is 0 Å². The lowest BCUT2D eigenvalue weighted by Crippen LogP contribution is -2.35. The van der Waals surface area contributed by atoms with E-state index >= 15 is 0 Å². The van der Waals surface area contributed by atoms with E-state index in [0.717, 1.165) is 30.0 Å². The van der Waals surface area contributed by atoms with Crippen molar-refractivity contribution in [1.29, 1.82) is 0 Å². The van der Waals surface area contributed by atoms with Crippen LogP contribution in [0.3, 0.4) is 0 Å². The number of nitrogens with zero attached hydrogens (tertiary/aromatic N) is 3. The maximum Gasteiger partial charge on any atom is 0.254 e. The van der Waals surface area contributed by atoms with Crippen LogP contribution in [0.25, 0.3) is 0 Å². The molecule has 1 N–H and O–H groups in total. The van der Waals surface area contributed by atoms with Gasteiger partial charge < -0.3 is 9.55 Å². The summed E-state index contributed by atoms with van der Waals surface area (Å²) in [5.41, 5.74) is 3.45. The van der Waals surface area contributed by atoms with Gasteiger partial charge in [-0.05, 0) is 31.5 Å². The zero-order valence-corrected chi connectivity index (χ0v) is 14.7. The fraction of sp³-hybridized carbons (Fsp3) is 0.300. The molecule has 0 radical (unpaired) electrons. The Bertz CT molecular complexity index is 991. The molecule has 1 aromatic carbocycles. The van der Waals surface area contributed by atoms with Crippen molar-refractivity contribution in [2.24, 2.45) is 0 Å². The molecule has 5 nitrogen and oxygen atoms in total. The van der Waals surface area contributed by atoms with Crippen molar-refractivity contribution in [1.82, 2.24) is 19.4 Å². The molecule has 3 aromatic rings. The third-order valence-electron chi connectivity index (χ3n) is 4.88. The highest BCUT2D eigenvalue weighted by atomic mass is 19.1. The molecular formula is C20H21FN4O. The van der Waals surface area contributed by atoms with Crippen LogP contribution in [0, 0.1) is 12.7 Å². The van der Waals surface area contributed by atoms with Crippen molar-refractivity contribution in [3.05, 3.63) is 87.1 Å². The van der Waals surface area contributed by atoms with Crippen molar-refractivity contribution < 1.29 is 4.39 Å². The van der Waals surface area contributed by atoms with Crippen molar-refractivity contribution in [2.45, 2.75) is 33.0 Å². The normalized spacial score (nSPS) is 14.4. The molecule has 0 saturated heterocycles. The Labute approximate surface area is 151 Å². The van der Waals surface area contributed by atoms with Crippen LogP contribution in [0.2, 0.25) is 0 Å². The number of fused-ring (bicyclic) bond motifs is 1. The smallest absolute Gasteiger partial charge is 0.254 e. The monoisotopic (exact) mass is 352 g/mol. The predicted octanol–water partition coefficient (Wildman–Crippen LogP) is 2.63. The summed E-state index contributed by atoms with van der Waals surface area (Å²) >= 11 is 0. The van der Waals surface area contributed by atoms with Crippen molar-refractivity contribution in [3.8, 4) is 0 Å². The SMILES string of the molecule is Cc1nc2c(c(=O)[nH]1)CCN(Cc1cccn1Cc1ccccc1F)C2. The van der Waals surface area contributed by atoms with Crippen molar-refractivity contribution >= 4 is 0 Å². The molecular weight excluding hydrogens is 331 g/mol. The molecule has 4 rings (SSSR count). The average molecular weight is 352 g/mol. The van der Waals surface area contributed by atoms with Crippen LogP contribution in [0.5, 0.6) is 0 Å². The number of hydrogen-bond acceptors (Lipinski definition) is 3. The van der Waals surface area contributed by atoms with E-state index in [1.54, 1.807) is 13.0 Å². The summed E-state index contributed by atoms with van der Waals surface area (Å²) in [5.74, 6) is 0.469. The zero-order chi connectivity index (χ0) is 18.1. The van der Waals surface area contributed by atoms with Crippen LogP contribution >= 0.6 is 0 Å². The number of nitrogens with one attached hydrogen (secondary N) is 1. The Hall–Kier alpha value is -2.73. The zero-order valence-electron chi connectivity index (χ0n) is 14.7. The Balaban J connectivity index is 1.52. The summed E-state index contributed by atoms with van der Waals surface area (Å²) < 4.78 is 16.0. The molecule has 26 heavy (non-hydrogen) atoms. The van der Waals surface area contributed by atoms with Crippen LogP contribution in [0.1, 0.15) is 28.3 Å². The van der Waals surface area contributed by atoms with Gasteiger partial charge in [-0.15, -0.1) is 0 Å². The van der Waals surface area contributed by atoms with Gasteiger partial charge in [0.2, 0.25) is 0 Å². The minimum absolute atomic E-state index is 0.0184. The van der Waals surface area contributed by atoms with Gasteiger partial charge in [0.1, 0.15) is 11.6 Å². The summed E-state index contributed by atoms with van der Waals surface area (Å²) in [6, 6.07) is 10.9. The fourth-order valence-electron chi connectivity index (χ4n) is 3.54. The minimum Gasteiger partial charge on any atom is -0.346 e. The van der Waals surface area contributed by atoms with Crippen LogP contribution in [0.4, 0.5) is 4.39 Å². The highest BCUT2D eigenvalue weighted by Crippen LogP contribution is 2.18. The molecule has 134 valence electrons. The van der Waals surface area contributed by atoms with Gasteiger partial charge in [-0.3, -0.25) is 9.69 Å². The second kappa shape index (κ2) is 6.88. The second-order valence-electron chi connectivity index (χ2n) is 6.76. The number of hydrogen-bond donors (Lipinski definition) is 1. The Morgan fingerprint density at radius 3 is 2.88 bits per heavy atom. The van der Waals surface area contributed by atoms with E-state index < -0.39 is 0 Å². The summed E-state index contributed by atoms with van der Waals surface area (Å²) in [5, 5.41) is 0. The molecule has 2 aromatic heterocycles. The maximum atomic E-state index is 13.9. The van der Waals surface area contributed by atoms with Crippen LogP contribution in [0.15, 0.2) is 47.4 Å². The minimum atomic E-state index is -0.182. The van der Waals surface area contributed by atoms with Crippen molar-refractivity contribution in [2.75, 3.05) is 6.54 Å². The highest BCUT2D eigenvalue weighted by Gasteiger charge is 2.21. The molecule has 3 heterocycles. The molecule has 0 spiro atoms. The Morgan fingerprint density at radius 2 is 2.04 bits per heavy atom. The number of halogens is 1. The molecule has 0 amide bonds. The maximum absolute atomic E-state index is 13.9. The van der Waals surface area contributed by atoms with E-state index in [9.17, 15) is 9.18 Å². The first-order chi connectivity index (χ1) is 12.6. The third-order valence-corrected chi connectivity index (χ3v) is 4.88. The quantitative estimate of drug-likeness (QED) is 0.785. The van der Waals surface area contributed by atoms with Gasteiger partial charge in [0.05, 0.1) is 12.2 Å². The van der Waals surface area contributed by atoms with E-state index in [0.29, 0.717) is 30.9 Å². The molecule has 1 aliphatic heterocycles. The Kier molecular flexibility index (Phi) is 4.42. The average Bonchev–Trinajstić information content (AvgIpc) is 3.03. The first-order valence-electron chi connectivity index (χ1n) is 8.78. The van der Waals surface area contributed by atoms with E-state index in [1.165, 1.54) is 6.07 Å². The first kappa shape index (κ1) is 16.7. The number of aryl methyl sites for hydroxylation is 1. The van der Waals surface area contributed by atoms with E-state index in [2.05, 4.69) is 25.5 Å². The van der Waals surface area contributed by atoms with Gasteiger partial charge in [-0.1, -0.05) is 18.2 Å². The van der Waals surface area contributed by atoms with Gasteiger partial charge in [0.15, 0.2) is 0 Å². The molecule has 0 bridgehead atoms. The highest BCUT2D eigenvalue weighted by molar-refractivity contribution is 5.22. The molecule has 6 heteroatoms. The molecule has 0 saturated carbocycles. The molecule has 0 aliphatic carbocycles. The molecule has 0 unspecified atom stereocenters. The van der Waals surface area contributed by atoms with E-state index in [4.69, 9.17) is 0 Å². The number of H-pyrrole nitrogens is 1. The Morgan fingerprint density at radius 1 is 1.19 bits per heavy atom. The van der Waals surface area contributed by atoms with Gasteiger partial charge in [-0.2, -0.15) is 0 Å². The van der Waals surface area contributed by atoms with E-state index in [1.807, 2.05) is 24.4 Å². The summed E-state index contributed by atoms with van der Waals surface area (Å²) in [7, 11) is 0. The topological polar surface area (TPSA) is 53.9 Å². The molecule has 0 fully saturated rings. The van der Waals surface area contributed by atoms with Gasteiger partial charge in [-0.25, -0.2) is 9.37 Å². The van der Waals surface area contributed by atoms with Crippen LogP contribution in [-0.4, -0.2) is 26.0 Å². The summed E-state index contributed by atoms with van der Waals surface area (Å²) in [6.45, 7) is 4.53. The van der Waals surface area contributed by atoms with Gasteiger partial charge in [0, 0.05) is 42.7 Å². The molecule has 0 atom stereocenters. The lowest BCUT2D eigenvalue weighted by Gasteiger charge is -2.28. The standard InChI is InChI=1S/C20H21FN4O/c1-14-22-19-13-24(10-8-17(19)20(26)23-14)12-16-6-4-9-25(16)11-15-5-2-3-7-18(15)21/h2-7,9H,8,10-13H2,1H3,(H,22,23,26). The van der Waals surface area contributed by atoms with Gasteiger partial charge in [0.25, 0.3) is 5.56 Å². The number of aromatic nitrogens is 3. The number of benzene rings is 1. The number of rotatable bonds is 4. The van der Waals surface area contributed by atoms with E-state index in [-0.39, 0.29) is 11.4 Å². The predicted molar refractivity (Wildman–Crippen MR) is 97.3 cm³/mol. The summed E-state index contributed by atoms with van der Waals surface area (Å²) in [4.78, 5) is 21.6. The number of aromatic amines is 1. The first-order valence-corrected chi connectivity index (χ1v) is 8.78. The van der Waals surface area contributed by atoms with Crippen LogP contribution < -0.4 is 5.56 Å².